The Morgan fingerprint density at radius 2 is 2.00 bits per heavy atom. The Morgan fingerprint density at radius 1 is 1.27 bits per heavy atom. The molecule has 3 unspecified atom stereocenters. The van der Waals surface area contributed by atoms with Crippen molar-refractivity contribution < 1.29 is 14.3 Å². The molecule has 5 nitrogen and oxygen atoms in total. The van der Waals surface area contributed by atoms with Crippen molar-refractivity contribution in [2.75, 3.05) is 26.2 Å². The van der Waals surface area contributed by atoms with Crippen LogP contribution in [0.3, 0.4) is 0 Å². The Kier molecular flexibility index (Phi) is 3.44. The third-order valence-electron chi connectivity index (χ3n) is 5.84. The van der Waals surface area contributed by atoms with Crippen molar-refractivity contribution in [1.29, 1.82) is 0 Å². The van der Waals surface area contributed by atoms with Gasteiger partial charge in [0.05, 0.1) is 19.7 Å². The molecule has 5 heteroatoms. The van der Waals surface area contributed by atoms with Gasteiger partial charge in [0.1, 0.15) is 5.60 Å². The van der Waals surface area contributed by atoms with Gasteiger partial charge in [-0.25, -0.2) is 0 Å². The lowest BCUT2D eigenvalue weighted by molar-refractivity contribution is -0.189. The van der Waals surface area contributed by atoms with Gasteiger partial charge >= 0.3 is 0 Å². The minimum atomic E-state index is -0.0786. The molecule has 4 aliphatic rings. The van der Waals surface area contributed by atoms with Crippen LogP contribution < -0.4 is 5.32 Å². The highest BCUT2D eigenvalue weighted by Gasteiger charge is 2.52. The number of hydrogen-bond donors (Lipinski definition) is 1. The van der Waals surface area contributed by atoms with Crippen molar-refractivity contribution in [3.8, 4) is 0 Å². The maximum absolute atomic E-state index is 12.2. The lowest BCUT2D eigenvalue weighted by Crippen LogP contribution is -2.66. The molecule has 2 saturated heterocycles. The van der Waals surface area contributed by atoms with E-state index >= 15 is 0 Å². The van der Waals surface area contributed by atoms with E-state index < -0.39 is 0 Å². The molecule has 4 rings (SSSR count). The highest BCUT2D eigenvalue weighted by atomic mass is 16.5. The molecule has 3 atom stereocenters. The Labute approximate surface area is 131 Å². The SMILES string of the molecule is CC1CC1C(=O)N1CC2(CCC(CNC(=O)C3CC3)CO2)C1. The van der Waals surface area contributed by atoms with Gasteiger partial charge in [0.25, 0.3) is 0 Å². The Balaban J connectivity index is 1.18. The zero-order valence-electron chi connectivity index (χ0n) is 13.3. The molecule has 122 valence electrons. The van der Waals surface area contributed by atoms with Crippen LogP contribution in [-0.4, -0.2) is 48.6 Å². The molecule has 0 aromatic carbocycles. The first-order chi connectivity index (χ1) is 10.6. The quantitative estimate of drug-likeness (QED) is 0.848. The van der Waals surface area contributed by atoms with E-state index in [4.69, 9.17) is 4.74 Å². The number of carbonyl (C=O) groups is 2. The molecule has 2 amide bonds. The van der Waals surface area contributed by atoms with Gasteiger partial charge in [-0.1, -0.05) is 6.92 Å². The normalized spacial score (nSPS) is 35.9. The molecule has 22 heavy (non-hydrogen) atoms. The zero-order chi connectivity index (χ0) is 15.3. The minimum Gasteiger partial charge on any atom is -0.371 e. The maximum Gasteiger partial charge on any atom is 0.226 e. The second-order valence-electron chi connectivity index (χ2n) is 7.93. The zero-order valence-corrected chi connectivity index (χ0v) is 13.3. The largest absolute Gasteiger partial charge is 0.371 e. The fourth-order valence-electron chi connectivity index (χ4n) is 3.77. The monoisotopic (exact) mass is 306 g/mol. The van der Waals surface area contributed by atoms with E-state index in [0.29, 0.717) is 24.3 Å². The Hall–Kier alpha value is -1.10. The summed E-state index contributed by atoms with van der Waals surface area (Å²) >= 11 is 0. The van der Waals surface area contributed by atoms with Crippen LogP contribution in [0.2, 0.25) is 0 Å². The van der Waals surface area contributed by atoms with E-state index in [2.05, 4.69) is 12.2 Å². The molecule has 2 heterocycles. The van der Waals surface area contributed by atoms with Crippen molar-refractivity contribution in [2.24, 2.45) is 23.7 Å². The van der Waals surface area contributed by atoms with Crippen LogP contribution in [0, 0.1) is 23.7 Å². The number of hydrogen-bond acceptors (Lipinski definition) is 3. The molecule has 0 radical (unpaired) electrons. The van der Waals surface area contributed by atoms with Crippen LogP contribution in [0.5, 0.6) is 0 Å². The highest BCUT2D eigenvalue weighted by Crippen LogP contribution is 2.43. The summed E-state index contributed by atoms with van der Waals surface area (Å²) < 4.78 is 6.08. The summed E-state index contributed by atoms with van der Waals surface area (Å²) in [7, 11) is 0. The van der Waals surface area contributed by atoms with Gasteiger partial charge in [0, 0.05) is 18.4 Å². The average Bonchev–Trinajstić information content (AvgIpc) is 3.37. The molecular weight excluding hydrogens is 280 g/mol. The molecule has 0 bridgehead atoms. The van der Waals surface area contributed by atoms with E-state index in [1.54, 1.807) is 0 Å². The topological polar surface area (TPSA) is 58.6 Å². The van der Waals surface area contributed by atoms with E-state index in [-0.39, 0.29) is 23.3 Å². The van der Waals surface area contributed by atoms with E-state index in [0.717, 1.165) is 51.7 Å². The van der Waals surface area contributed by atoms with Crippen LogP contribution in [-0.2, 0) is 14.3 Å². The summed E-state index contributed by atoms with van der Waals surface area (Å²) in [4.78, 5) is 25.8. The van der Waals surface area contributed by atoms with Gasteiger partial charge in [-0.05, 0) is 43.9 Å². The van der Waals surface area contributed by atoms with Gasteiger partial charge in [0.15, 0.2) is 0 Å². The number of rotatable bonds is 4. The molecule has 0 aromatic rings. The summed E-state index contributed by atoms with van der Waals surface area (Å²) in [5.74, 6) is 2.13. The summed E-state index contributed by atoms with van der Waals surface area (Å²) in [6.45, 7) is 5.16. The number of ether oxygens (including phenoxy) is 1. The number of amides is 2. The molecule has 4 fully saturated rings. The predicted octanol–water partition coefficient (Wildman–Crippen LogP) is 1.18. The first-order valence-corrected chi connectivity index (χ1v) is 8.77. The van der Waals surface area contributed by atoms with Crippen LogP contribution in [0.1, 0.15) is 39.0 Å². The molecule has 0 aromatic heterocycles. The van der Waals surface area contributed by atoms with Crippen molar-refractivity contribution >= 4 is 11.8 Å². The molecule has 1 spiro atoms. The van der Waals surface area contributed by atoms with Crippen LogP contribution in [0.25, 0.3) is 0 Å². The standard InChI is InChI=1S/C17H26N2O3/c1-11-6-14(11)16(21)19-9-17(10-19)5-4-12(8-22-17)7-18-15(20)13-2-3-13/h11-14H,2-10H2,1H3,(H,18,20). The van der Waals surface area contributed by atoms with Gasteiger partial charge in [-0.3, -0.25) is 9.59 Å². The van der Waals surface area contributed by atoms with Gasteiger partial charge in [-0.15, -0.1) is 0 Å². The molecular formula is C17H26N2O3. The van der Waals surface area contributed by atoms with E-state index in [9.17, 15) is 9.59 Å². The maximum atomic E-state index is 12.2. The second-order valence-corrected chi connectivity index (χ2v) is 7.93. The molecule has 1 N–H and O–H groups in total. The lowest BCUT2D eigenvalue weighted by Gasteiger charge is -2.53. The van der Waals surface area contributed by atoms with Crippen LogP contribution in [0.15, 0.2) is 0 Å². The molecule has 2 aliphatic heterocycles. The van der Waals surface area contributed by atoms with Crippen LogP contribution >= 0.6 is 0 Å². The summed E-state index contributed by atoms with van der Waals surface area (Å²) in [6, 6.07) is 0. The average molecular weight is 306 g/mol. The fourth-order valence-corrected chi connectivity index (χ4v) is 3.77. The Bertz CT molecular complexity index is 472. The third-order valence-corrected chi connectivity index (χ3v) is 5.84. The Morgan fingerprint density at radius 3 is 2.55 bits per heavy atom. The van der Waals surface area contributed by atoms with E-state index in [1.165, 1.54) is 0 Å². The number of nitrogens with zero attached hydrogens (tertiary/aromatic N) is 1. The third kappa shape index (κ3) is 2.75. The molecule has 2 aliphatic carbocycles. The van der Waals surface area contributed by atoms with Crippen molar-refractivity contribution in [3.05, 3.63) is 0 Å². The molecule has 2 saturated carbocycles. The summed E-state index contributed by atoms with van der Waals surface area (Å²) in [6.07, 6.45) is 5.28. The smallest absolute Gasteiger partial charge is 0.226 e. The predicted molar refractivity (Wildman–Crippen MR) is 81.0 cm³/mol. The minimum absolute atomic E-state index is 0.0786. The summed E-state index contributed by atoms with van der Waals surface area (Å²) in [5.41, 5.74) is -0.0786. The van der Waals surface area contributed by atoms with Gasteiger partial charge < -0.3 is 15.0 Å². The highest BCUT2D eigenvalue weighted by molar-refractivity contribution is 5.82. The first-order valence-electron chi connectivity index (χ1n) is 8.77. The van der Waals surface area contributed by atoms with Crippen LogP contribution in [0.4, 0.5) is 0 Å². The fraction of sp³-hybridized carbons (Fsp3) is 0.882. The number of likely N-dealkylation sites (tertiary alicyclic amines) is 1. The van der Waals surface area contributed by atoms with E-state index in [1.807, 2.05) is 4.90 Å². The van der Waals surface area contributed by atoms with Crippen molar-refractivity contribution in [2.45, 2.75) is 44.6 Å². The van der Waals surface area contributed by atoms with Crippen molar-refractivity contribution in [1.82, 2.24) is 10.2 Å². The lowest BCUT2D eigenvalue weighted by atomic mass is 9.82. The summed E-state index contributed by atoms with van der Waals surface area (Å²) in [5, 5.41) is 3.05. The second kappa shape index (κ2) is 5.22. The number of carbonyl (C=O) groups excluding carboxylic acids is 2. The van der Waals surface area contributed by atoms with Gasteiger partial charge in [0.2, 0.25) is 11.8 Å². The van der Waals surface area contributed by atoms with Crippen molar-refractivity contribution in [3.63, 3.8) is 0 Å². The first kappa shape index (κ1) is 14.5. The number of nitrogens with one attached hydrogen (secondary N) is 1. The van der Waals surface area contributed by atoms with Gasteiger partial charge in [-0.2, -0.15) is 0 Å².